The fraction of sp³-hybridized carbons (Fsp3) is 0.400. The lowest BCUT2D eigenvalue weighted by molar-refractivity contribution is -0.149. The molecule has 4 N–H and O–H groups in total. The van der Waals surface area contributed by atoms with E-state index in [1.54, 1.807) is 26.0 Å². The number of carboxylic acids is 1. The molecular weight excluding hydrogens is 272 g/mol. The topological polar surface area (TPSA) is 109 Å². The van der Waals surface area contributed by atoms with Crippen LogP contribution in [0.25, 0.3) is 0 Å². The maximum absolute atomic E-state index is 12.1. The van der Waals surface area contributed by atoms with Crippen molar-refractivity contribution in [3.05, 3.63) is 35.4 Å². The zero-order valence-electron chi connectivity index (χ0n) is 12.2. The average Bonchev–Trinajstić information content (AvgIpc) is 2.48. The van der Waals surface area contributed by atoms with Gasteiger partial charge in [0.15, 0.2) is 0 Å². The number of hydrogen-bond donors (Lipinski definition) is 3. The van der Waals surface area contributed by atoms with Crippen molar-refractivity contribution in [2.75, 3.05) is 6.54 Å². The van der Waals surface area contributed by atoms with Crippen molar-refractivity contribution < 1.29 is 19.5 Å². The van der Waals surface area contributed by atoms with E-state index in [1.807, 2.05) is 0 Å². The van der Waals surface area contributed by atoms with Crippen LogP contribution in [-0.2, 0) is 4.79 Å². The predicted molar refractivity (Wildman–Crippen MR) is 77.9 cm³/mol. The van der Waals surface area contributed by atoms with Gasteiger partial charge in [-0.2, -0.15) is 0 Å². The zero-order chi connectivity index (χ0) is 16.0. The van der Waals surface area contributed by atoms with Crippen LogP contribution in [0, 0.1) is 5.41 Å². The molecule has 0 saturated heterocycles. The van der Waals surface area contributed by atoms with E-state index in [0.29, 0.717) is 12.8 Å². The van der Waals surface area contributed by atoms with Crippen LogP contribution in [0.1, 0.15) is 47.4 Å². The highest BCUT2D eigenvalue weighted by molar-refractivity contribution is 5.99. The Balaban J connectivity index is 2.84. The van der Waals surface area contributed by atoms with E-state index in [1.165, 1.54) is 12.1 Å². The first kappa shape index (κ1) is 16.7. The van der Waals surface area contributed by atoms with Gasteiger partial charge in [-0.25, -0.2) is 0 Å². The third-order valence-electron chi connectivity index (χ3n) is 3.80. The van der Waals surface area contributed by atoms with E-state index in [9.17, 15) is 19.5 Å². The van der Waals surface area contributed by atoms with Crippen molar-refractivity contribution in [3.8, 4) is 0 Å². The predicted octanol–water partition coefficient (Wildman–Crippen LogP) is 1.41. The summed E-state index contributed by atoms with van der Waals surface area (Å²) < 4.78 is 0. The second kappa shape index (κ2) is 6.88. The van der Waals surface area contributed by atoms with Crippen LogP contribution >= 0.6 is 0 Å². The van der Waals surface area contributed by atoms with Gasteiger partial charge in [-0.05, 0) is 31.0 Å². The van der Waals surface area contributed by atoms with E-state index in [2.05, 4.69) is 5.32 Å². The fourth-order valence-electron chi connectivity index (χ4n) is 2.04. The second-order valence-electron chi connectivity index (χ2n) is 4.92. The number of carbonyl (C=O) groups excluding carboxylic acids is 2. The molecule has 0 atom stereocenters. The summed E-state index contributed by atoms with van der Waals surface area (Å²) in [4.78, 5) is 34.5. The summed E-state index contributed by atoms with van der Waals surface area (Å²) in [6.45, 7) is 3.59. The van der Waals surface area contributed by atoms with E-state index >= 15 is 0 Å². The number of benzene rings is 1. The van der Waals surface area contributed by atoms with Gasteiger partial charge in [0.05, 0.1) is 5.41 Å². The largest absolute Gasteiger partial charge is 0.481 e. The Labute approximate surface area is 123 Å². The molecule has 0 aliphatic heterocycles. The van der Waals surface area contributed by atoms with Crippen molar-refractivity contribution >= 4 is 17.8 Å². The van der Waals surface area contributed by atoms with Crippen LogP contribution in [0.2, 0.25) is 0 Å². The second-order valence-corrected chi connectivity index (χ2v) is 4.92. The van der Waals surface area contributed by atoms with Gasteiger partial charge in [-0.3, -0.25) is 14.4 Å². The van der Waals surface area contributed by atoms with Gasteiger partial charge < -0.3 is 16.2 Å². The van der Waals surface area contributed by atoms with Gasteiger partial charge in [0, 0.05) is 17.7 Å². The van der Waals surface area contributed by atoms with Crippen LogP contribution in [0.15, 0.2) is 24.3 Å². The molecular formula is C15H20N2O4. The molecule has 1 rings (SSSR count). The number of carbonyl (C=O) groups is 3. The van der Waals surface area contributed by atoms with Gasteiger partial charge in [0.2, 0.25) is 5.91 Å². The summed E-state index contributed by atoms with van der Waals surface area (Å²) in [6, 6.07) is 6.00. The van der Waals surface area contributed by atoms with Crippen LogP contribution in [0.4, 0.5) is 0 Å². The first-order chi connectivity index (χ1) is 9.86. The average molecular weight is 292 g/mol. The summed E-state index contributed by atoms with van der Waals surface area (Å²) in [6.07, 6.45) is 0.834. The number of nitrogens with two attached hydrogens (primary N) is 1. The minimum absolute atomic E-state index is 0.0367. The number of rotatable bonds is 7. The number of nitrogens with one attached hydrogen (secondary N) is 1. The highest BCUT2D eigenvalue weighted by Crippen LogP contribution is 2.25. The molecule has 1 aromatic rings. The minimum Gasteiger partial charge on any atom is -0.481 e. The summed E-state index contributed by atoms with van der Waals surface area (Å²) in [5, 5.41) is 11.9. The number of primary amides is 1. The van der Waals surface area contributed by atoms with E-state index < -0.39 is 23.2 Å². The number of hydrogen-bond acceptors (Lipinski definition) is 3. The lowest BCUT2D eigenvalue weighted by Gasteiger charge is -2.26. The van der Waals surface area contributed by atoms with Crippen LogP contribution < -0.4 is 11.1 Å². The molecule has 6 heteroatoms. The Bertz CT molecular complexity index is 550. The minimum atomic E-state index is -0.975. The fourth-order valence-corrected chi connectivity index (χ4v) is 2.04. The molecule has 6 nitrogen and oxygen atoms in total. The number of carboxylic acid groups (broad SMARTS) is 1. The number of aliphatic carboxylic acids is 1. The molecule has 1 aromatic carbocycles. The molecule has 0 aliphatic carbocycles. The molecule has 0 unspecified atom stereocenters. The third kappa shape index (κ3) is 3.81. The summed E-state index contributed by atoms with van der Waals surface area (Å²) >= 11 is 0. The maximum atomic E-state index is 12.1. The van der Waals surface area contributed by atoms with Gasteiger partial charge in [-0.15, -0.1) is 0 Å². The molecule has 114 valence electrons. The van der Waals surface area contributed by atoms with Gasteiger partial charge >= 0.3 is 5.97 Å². The number of amides is 2. The first-order valence-electron chi connectivity index (χ1n) is 6.77. The van der Waals surface area contributed by atoms with Crippen molar-refractivity contribution in [1.82, 2.24) is 5.32 Å². The molecule has 21 heavy (non-hydrogen) atoms. The van der Waals surface area contributed by atoms with Crippen molar-refractivity contribution in [2.24, 2.45) is 11.1 Å². The summed E-state index contributed by atoms with van der Waals surface area (Å²) in [5.41, 5.74) is 4.70. The van der Waals surface area contributed by atoms with Crippen molar-refractivity contribution in [2.45, 2.75) is 26.7 Å². The van der Waals surface area contributed by atoms with Crippen molar-refractivity contribution in [3.63, 3.8) is 0 Å². The lowest BCUT2D eigenvalue weighted by Crippen LogP contribution is -2.42. The van der Waals surface area contributed by atoms with Crippen LogP contribution in [-0.4, -0.2) is 29.4 Å². The Morgan fingerprint density at radius 3 is 2.24 bits per heavy atom. The van der Waals surface area contributed by atoms with Gasteiger partial charge in [0.25, 0.3) is 5.91 Å². The quantitative estimate of drug-likeness (QED) is 0.705. The molecule has 2 amide bonds. The molecule has 0 aliphatic rings. The van der Waals surface area contributed by atoms with E-state index in [-0.39, 0.29) is 17.7 Å². The molecule has 0 spiro atoms. The van der Waals surface area contributed by atoms with Crippen LogP contribution in [0.5, 0.6) is 0 Å². The molecule has 0 heterocycles. The third-order valence-corrected chi connectivity index (χ3v) is 3.80. The van der Waals surface area contributed by atoms with E-state index in [0.717, 1.165) is 0 Å². The summed E-state index contributed by atoms with van der Waals surface area (Å²) in [7, 11) is 0. The Kier molecular flexibility index (Phi) is 5.46. The maximum Gasteiger partial charge on any atom is 0.311 e. The Morgan fingerprint density at radius 2 is 1.76 bits per heavy atom. The van der Waals surface area contributed by atoms with Gasteiger partial charge in [-0.1, -0.05) is 19.9 Å². The van der Waals surface area contributed by atoms with Gasteiger partial charge in [0.1, 0.15) is 0 Å². The highest BCUT2D eigenvalue weighted by atomic mass is 16.4. The molecule has 0 radical (unpaired) electrons. The van der Waals surface area contributed by atoms with Crippen molar-refractivity contribution in [1.29, 1.82) is 0 Å². The standard InChI is InChI=1S/C15H20N2O4/c1-3-15(4-2,14(20)21)9-17-13(19)11-7-5-6-10(8-11)12(16)18/h5-8H,3-4,9H2,1-2H3,(H2,16,18)(H,17,19)(H,20,21). The molecule has 0 bridgehead atoms. The summed E-state index contributed by atoms with van der Waals surface area (Å²) in [5.74, 6) is -1.98. The SMILES string of the molecule is CCC(CC)(CNC(=O)c1cccc(C(N)=O)c1)C(=O)O. The zero-order valence-corrected chi connectivity index (χ0v) is 12.2. The monoisotopic (exact) mass is 292 g/mol. The lowest BCUT2D eigenvalue weighted by atomic mass is 9.82. The smallest absolute Gasteiger partial charge is 0.311 e. The normalized spacial score (nSPS) is 11.0. The molecule has 0 fully saturated rings. The first-order valence-corrected chi connectivity index (χ1v) is 6.77. The molecule has 0 aromatic heterocycles. The van der Waals surface area contributed by atoms with Crippen LogP contribution in [0.3, 0.4) is 0 Å². The van der Waals surface area contributed by atoms with E-state index in [4.69, 9.17) is 5.73 Å². The highest BCUT2D eigenvalue weighted by Gasteiger charge is 2.35. The Hall–Kier alpha value is -2.37. The molecule has 0 saturated carbocycles. The Morgan fingerprint density at radius 1 is 1.19 bits per heavy atom.